The van der Waals surface area contributed by atoms with E-state index in [9.17, 15) is 4.79 Å². The Morgan fingerprint density at radius 2 is 2.29 bits per heavy atom. The number of ether oxygens (including phenoxy) is 2. The van der Waals surface area contributed by atoms with Crippen LogP contribution in [0.2, 0.25) is 0 Å². The minimum absolute atomic E-state index is 0.000376. The van der Waals surface area contributed by atoms with E-state index in [1.807, 2.05) is 47.5 Å². The molecule has 1 aromatic heterocycles. The van der Waals surface area contributed by atoms with Gasteiger partial charge in [0, 0.05) is 18.0 Å². The fourth-order valence-corrected chi connectivity index (χ4v) is 3.54. The number of rotatable bonds is 7. The van der Waals surface area contributed by atoms with E-state index in [2.05, 4.69) is 6.07 Å². The summed E-state index contributed by atoms with van der Waals surface area (Å²) in [6, 6.07) is 11.8. The highest BCUT2D eigenvalue weighted by atomic mass is 32.1. The lowest BCUT2D eigenvalue weighted by Gasteiger charge is -2.25. The lowest BCUT2D eigenvalue weighted by atomic mass is 10.2. The van der Waals surface area contributed by atoms with Crippen LogP contribution in [0.5, 0.6) is 5.75 Å². The van der Waals surface area contributed by atoms with Crippen molar-refractivity contribution >= 4 is 17.2 Å². The summed E-state index contributed by atoms with van der Waals surface area (Å²) in [5.41, 5.74) is 1.12. The van der Waals surface area contributed by atoms with Gasteiger partial charge in [-0.1, -0.05) is 18.2 Å². The van der Waals surface area contributed by atoms with Crippen LogP contribution in [0.3, 0.4) is 0 Å². The summed E-state index contributed by atoms with van der Waals surface area (Å²) in [5, 5.41) is 2.04. The number of hydrogen-bond donors (Lipinski definition) is 0. The minimum atomic E-state index is 0.000376. The first kappa shape index (κ1) is 17.0. The van der Waals surface area contributed by atoms with Gasteiger partial charge in [0.25, 0.3) is 5.91 Å². The lowest BCUT2D eigenvalue weighted by molar-refractivity contribution is -0.135. The standard InChI is InChI=1S/C19H23NO3S/c1-15-5-2-6-16(11-15)23-14-19(21)20(12-17-7-3-9-22-17)13-18-8-4-10-24-18/h2,4-6,8,10-11,17H,3,7,9,12-14H2,1H3. The maximum atomic E-state index is 12.7. The van der Waals surface area contributed by atoms with Crippen LogP contribution >= 0.6 is 11.3 Å². The highest BCUT2D eigenvalue weighted by Gasteiger charge is 2.23. The van der Waals surface area contributed by atoms with Crippen LogP contribution in [-0.4, -0.2) is 36.7 Å². The van der Waals surface area contributed by atoms with E-state index in [1.165, 1.54) is 4.88 Å². The van der Waals surface area contributed by atoms with Gasteiger partial charge in [-0.3, -0.25) is 4.79 Å². The average molecular weight is 345 g/mol. The fourth-order valence-electron chi connectivity index (χ4n) is 2.82. The Labute approximate surface area is 147 Å². The first-order valence-corrected chi connectivity index (χ1v) is 9.20. The Hall–Kier alpha value is -1.85. The molecule has 4 nitrogen and oxygen atoms in total. The van der Waals surface area contributed by atoms with Gasteiger partial charge >= 0.3 is 0 Å². The second-order valence-electron chi connectivity index (χ2n) is 6.09. The maximum Gasteiger partial charge on any atom is 0.260 e. The number of carbonyl (C=O) groups is 1. The lowest BCUT2D eigenvalue weighted by Crippen LogP contribution is -2.39. The van der Waals surface area contributed by atoms with Gasteiger partial charge < -0.3 is 14.4 Å². The van der Waals surface area contributed by atoms with Crippen molar-refractivity contribution in [3.63, 3.8) is 0 Å². The van der Waals surface area contributed by atoms with Crippen LogP contribution in [0.1, 0.15) is 23.3 Å². The first-order valence-electron chi connectivity index (χ1n) is 8.32. The summed E-state index contributed by atoms with van der Waals surface area (Å²) in [4.78, 5) is 15.7. The SMILES string of the molecule is Cc1cccc(OCC(=O)N(Cc2cccs2)CC2CCCO2)c1. The Bertz CT molecular complexity index is 650. The van der Waals surface area contributed by atoms with E-state index in [-0.39, 0.29) is 18.6 Å². The fraction of sp³-hybridized carbons (Fsp3) is 0.421. The molecule has 2 aromatic rings. The van der Waals surface area contributed by atoms with Crippen molar-refractivity contribution in [2.24, 2.45) is 0 Å². The van der Waals surface area contributed by atoms with Crippen molar-refractivity contribution in [3.8, 4) is 5.75 Å². The summed E-state index contributed by atoms with van der Waals surface area (Å²) in [6.45, 7) is 4.11. The van der Waals surface area contributed by atoms with Crippen molar-refractivity contribution in [2.75, 3.05) is 19.8 Å². The van der Waals surface area contributed by atoms with Gasteiger partial charge in [-0.15, -0.1) is 11.3 Å². The molecule has 1 unspecified atom stereocenters. The molecule has 0 spiro atoms. The van der Waals surface area contributed by atoms with Crippen molar-refractivity contribution < 1.29 is 14.3 Å². The third-order valence-electron chi connectivity index (χ3n) is 4.08. The predicted molar refractivity (Wildman–Crippen MR) is 95.4 cm³/mol. The number of aryl methyl sites for hydroxylation is 1. The second-order valence-corrected chi connectivity index (χ2v) is 7.13. The Balaban J connectivity index is 1.60. The largest absolute Gasteiger partial charge is 0.484 e. The molecule has 1 aromatic carbocycles. The summed E-state index contributed by atoms with van der Waals surface area (Å²) in [5.74, 6) is 0.733. The third kappa shape index (κ3) is 4.82. The molecule has 0 saturated carbocycles. The molecule has 1 atom stereocenters. The summed E-state index contributed by atoms with van der Waals surface area (Å²) >= 11 is 1.67. The number of hydrogen-bond acceptors (Lipinski definition) is 4. The van der Waals surface area contributed by atoms with E-state index in [0.717, 1.165) is 30.8 Å². The molecule has 1 aliphatic heterocycles. The molecular formula is C19H23NO3S. The van der Waals surface area contributed by atoms with Crippen molar-refractivity contribution in [1.82, 2.24) is 4.90 Å². The monoisotopic (exact) mass is 345 g/mol. The molecule has 1 aliphatic rings. The zero-order chi connectivity index (χ0) is 16.8. The van der Waals surface area contributed by atoms with Crippen LogP contribution in [0.15, 0.2) is 41.8 Å². The zero-order valence-electron chi connectivity index (χ0n) is 13.9. The number of nitrogens with zero attached hydrogens (tertiary/aromatic N) is 1. The maximum absolute atomic E-state index is 12.7. The molecule has 0 aliphatic carbocycles. The summed E-state index contributed by atoms with van der Waals surface area (Å²) < 4.78 is 11.4. The molecule has 3 rings (SSSR count). The van der Waals surface area contributed by atoms with Gasteiger partial charge in [-0.25, -0.2) is 0 Å². The average Bonchev–Trinajstić information content (AvgIpc) is 3.26. The van der Waals surface area contributed by atoms with Gasteiger partial charge in [0.05, 0.1) is 12.6 Å². The van der Waals surface area contributed by atoms with Crippen molar-refractivity contribution in [3.05, 3.63) is 52.2 Å². The molecule has 0 radical (unpaired) electrons. The Morgan fingerprint density at radius 1 is 1.38 bits per heavy atom. The molecule has 0 N–H and O–H groups in total. The quantitative estimate of drug-likeness (QED) is 0.769. The third-order valence-corrected chi connectivity index (χ3v) is 4.94. The smallest absolute Gasteiger partial charge is 0.260 e. The molecule has 0 bridgehead atoms. The van der Waals surface area contributed by atoms with Crippen LogP contribution in [0.25, 0.3) is 0 Å². The first-order chi connectivity index (χ1) is 11.7. The highest BCUT2D eigenvalue weighted by molar-refractivity contribution is 7.09. The van der Waals surface area contributed by atoms with E-state index >= 15 is 0 Å². The highest BCUT2D eigenvalue weighted by Crippen LogP contribution is 2.18. The van der Waals surface area contributed by atoms with Crippen LogP contribution in [-0.2, 0) is 16.1 Å². The minimum Gasteiger partial charge on any atom is -0.484 e. The van der Waals surface area contributed by atoms with Crippen LogP contribution in [0.4, 0.5) is 0 Å². The van der Waals surface area contributed by atoms with Gasteiger partial charge in [0.1, 0.15) is 5.75 Å². The van der Waals surface area contributed by atoms with Crippen LogP contribution in [0, 0.1) is 6.92 Å². The van der Waals surface area contributed by atoms with E-state index in [0.29, 0.717) is 13.1 Å². The molecule has 1 fully saturated rings. The van der Waals surface area contributed by atoms with Gasteiger partial charge in [-0.05, 0) is 48.9 Å². The van der Waals surface area contributed by atoms with E-state index < -0.39 is 0 Å². The number of benzene rings is 1. The summed E-state index contributed by atoms with van der Waals surface area (Å²) in [7, 11) is 0. The van der Waals surface area contributed by atoms with Gasteiger partial charge in [0.15, 0.2) is 6.61 Å². The molecule has 2 heterocycles. The Morgan fingerprint density at radius 3 is 3.00 bits per heavy atom. The number of carbonyl (C=O) groups excluding carboxylic acids is 1. The second kappa shape index (κ2) is 8.31. The molecule has 128 valence electrons. The molecular weight excluding hydrogens is 322 g/mol. The molecule has 1 amide bonds. The van der Waals surface area contributed by atoms with Crippen molar-refractivity contribution in [2.45, 2.75) is 32.4 Å². The van der Waals surface area contributed by atoms with E-state index in [1.54, 1.807) is 11.3 Å². The molecule has 1 saturated heterocycles. The zero-order valence-corrected chi connectivity index (χ0v) is 14.8. The summed E-state index contributed by atoms with van der Waals surface area (Å²) in [6.07, 6.45) is 2.24. The van der Waals surface area contributed by atoms with E-state index in [4.69, 9.17) is 9.47 Å². The predicted octanol–water partition coefficient (Wildman–Crippen LogP) is 3.64. The molecule has 5 heteroatoms. The number of thiophene rings is 1. The van der Waals surface area contributed by atoms with Gasteiger partial charge in [0.2, 0.25) is 0 Å². The van der Waals surface area contributed by atoms with Crippen molar-refractivity contribution in [1.29, 1.82) is 0 Å². The van der Waals surface area contributed by atoms with Crippen LogP contribution < -0.4 is 4.74 Å². The van der Waals surface area contributed by atoms with Gasteiger partial charge in [-0.2, -0.15) is 0 Å². The topological polar surface area (TPSA) is 38.8 Å². The molecule has 24 heavy (non-hydrogen) atoms. The number of amides is 1. The normalized spacial score (nSPS) is 17.0. The Kier molecular flexibility index (Phi) is 5.88.